The fraction of sp³-hybridized carbons (Fsp3) is 0.375. The number of aliphatic carboxylic acids is 1. The molecule has 0 saturated heterocycles. The van der Waals surface area contributed by atoms with Crippen molar-refractivity contribution in [3.63, 3.8) is 0 Å². The van der Waals surface area contributed by atoms with E-state index in [0.29, 0.717) is 12.0 Å². The first-order chi connectivity index (χ1) is 9.93. The molecule has 5 heteroatoms. The average Bonchev–Trinajstić information content (AvgIpc) is 2.84. The molecule has 0 fully saturated rings. The monoisotopic (exact) mass is 288 g/mol. The molecule has 5 nitrogen and oxygen atoms in total. The van der Waals surface area contributed by atoms with Crippen LogP contribution in [0, 0.1) is 5.92 Å². The van der Waals surface area contributed by atoms with Gasteiger partial charge in [0.05, 0.1) is 0 Å². The lowest BCUT2D eigenvalue weighted by atomic mass is 9.99. The smallest absolute Gasteiger partial charge is 0.326 e. The van der Waals surface area contributed by atoms with Crippen LogP contribution >= 0.6 is 0 Å². The number of carbonyl (C=O) groups excluding carboxylic acids is 1. The fourth-order valence-corrected chi connectivity index (χ4v) is 2.31. The zero-order chi connectivity index (χ0) is 15.6. The van der Waals surface area contributed by atoms with Crippen LogP contribution in [0.2, 0.25) is 0 Å². The highest BCUT2D eigenvalue weighted by Crippen LogP contribution is 2.17. The molecule has 2 unspecified atom stereocenters. The summed E-state index contributed by atoms with van der Waals surface area (Å²) in [5.74, 6) is -1.48. The summed E-state index contributed by atoms with van der Waals surface area (Å²) in [7, 11) is 1.91. The Balaban J connectivity index is 2.24. The third-order valence-electron chi connectivity index (χ3n) is 3.92. The number of carbonyl (C=O) groups is 2. The van der Waals surface area contributed by atoms with Crippen molar-refractivity contribution in [2.75, 3.05) is 0 Å². The number of rotatable bonds is 5. The van der Waals surface area contributed by atoms with Crippen LogP contribution in [0.15, 0.2) is 30.5 Å². The topological polar surface area (TPSA) is 71.3 Å². The molecule has 2 atom stereocenters. The molecule has 1 aromatic heterocycles. The Kier molecular flexibility index (Phi) is 4.31. The highest BCUT2D eigenvalue weighted by atomic mass is 16.4. The molecular weight excluding hydrogens is 268 g/mol. The molecule has 21 heavy (non-hydrogen) atoms. The normalized spacial score (nSPS) is 13.9. The van der Waals surface area contributed by atoms with Gasteiger partial charge in [-0.3, -0.25) is 4.79 Å². The lowest BCUT2D eigenvalue weighted by Gasteiger charge is -2.20. The molecule has 112 valence electrons. The van der Waals surface area contributed by atoms with E-state index in [2.05, 4.69) is 5.32 Å². The number of aryl methyl sites for hydroxylation is 1. The highest BCUT2D eigenvalue weighted by molar-refractivity contribution is 5.99. The van der Waals surface area contributed by atoms with Gasteiger partial charge in [-0.2, -0.15) is 0 Å². The van der Waals surface area contributed by atoms with Gasteiger partial charge in [0.2, 0.25) is 0 Å². The van der Waals surface area contributed by atoms with Gasteiger partial charge in [0.15, 0.2) is 0 Å². The maximum atomic E-state index is 12.3. The highest BCUT2D eigenvalue weighted by Gasteiger charge is 2.25. The van der Waals surface area contributed by atoms with Gasteiger partial charge in [-0.1, -0.05) is 26.3 Å². The number of nitrogens with zero attached hydrogens (tertiary/aromatic N) is 1. The van der Waals surface area contributed by atoms with Gasteiger partial charge in [-0.05, 0) is 29.5 Å². The number of hydrogen-bond acceptors (Lipinski definition) is 2. The quantitative estimate of drug-likeness (QED) is 0.887. The maximum Gasteiger partial charge on any atom is 0.326 e. The first-order valence-corrected chi connectivity index (χ1v) is 7.02. The van der Waals surface area contributed by atoms with Crippen LogP contribution in [-0.4, -0.2) is 27.6 Å². The third kappa shape index (κ3) is 3.07. The molecule has 2 rings (SSSR count). The number of benzene rings is 1. The number of amides is 1. The summed E-state index contributed by atoms with van der Waals surface area (Å²) in [5, 5.41) is 12.9. The van der Waals surface area contributed by atoms with Crippen LogP contribution in [0.25, 0.3) is 10.9 Å². The molecule has 2 aromatic rings. The van der Waals surface area contributed by atoms with E-state index in [1.165, 1.54) is 0 Å². The minimum atomic E-state index is -1.00. The van der Waals surface area contributed by atoms with Crippen LogP contribution in [-0.2, 0) is 11.8 Å². The SMILES string of the molecule is CCC(C)C(NC(=O)c1ccc2ccn(C)c2c1)C(=O)O. The lowest BCUT2D eigenvalue weighted by Crippen LogP contribution is -2.45. The van der Waals surface area contributed by atoms with Crippen LogP contribution in [0.3, 0.4) is 0 Å². The largest absolute Gasteiger partial charge is 0.480 e. The second-order valence-electron chi connectivity index (χ2n) is 5.38. The first-order valence-electron chi connectivity index (χ1n) is 7.02. The molecule has 0 aliphatic rings. The molecule has 0 radical (unpaired) electrons. The van der Waals surface area contributed by atoms with Gasteiger partial charge in [-0.15, -0.1) is 0 Å². The number of fused-ring (bicyclic) bond motifs is 1. The average molecular weight is 288 g/mol. The Bertz CT molecular complexity index is 675. The molecule has 0 spiro atoms. The van der Waals surface area contributed by atoms with Gasteiger partial charge < -0.3 is 15.0 Å². The van der Waals surface area contributed by atoms with Crippen molar-refractivity contribution >= 4 is 22.8 Å². The lowest BCUT2D eigenvalue weighted by molar-refractivity contribution is -0.140. The van der Waals surface area contributed by atoms with Crippen molar-refractivity contribution in [3.05, 3.63) is 36.0 Å². The molecule has 1 amide bonds. The summed E-state index contributed by atoms with van der Waals surface area (Å²) in [6.07, 6.45) is 2.61. The van der Waals surface area contributed by atoms with E-state index in [9.17, 15) is 14.7 Å². The summed E-state index contributed by atoms with van der Waals surface area (Å²) in [6.45, 7) is 3.72. The van der Waals surface area contributed by atoms with E-state index in [0.717, 1.165) is 10.9 Å². The predicted octanol–water partition coefficient (Wildman–Crippen LogP) is 2.41. The van der Waals surface area contributed by atoms with Crippen LogP contribution < -0.4 is 5.32 Å². The van der Waals surface area contributed by atoms with Crippen molar-refractivity contribution in [3.8, 4) is 0 Å². The summed E-state index contributed by atoms with van der Waals surface area (Å²) in [4.78, 5) is 23.5. The Morgan fingerprint density at radius 1 is 1.33 bits per heavy atom. The summed E-state index contributed by atoms with van der Waals surface area (Å²) >= 11 is 0. The summed E-state index contributed by atoms with van der Waals surface area (Å²) in [6, 6.07) is 6.46. The zero-order valence-corrected chi connectivity index (χ0v) is 12.5. The Morgan fingerprint density at radius 3 is 2.67 bits per heavy atom. The predicted molar refractivity (Wildman–Crippen MR) is 81.3 cm³/mol. The van der Waals surface area contributed by atoms with Crippen molar-refractivity contribution in [2.45, 2.75) is 26.3 Å². The van der Waals surface area contributed by atoms with E-state index >= 15 is 0 Å². The van der Waals surface area contributed by atoms with E-state index < -0.39 is 12.0 Å². The van der Waals surface area contributed by atoms with E-state index in [1.54, 1.807) is 12.1 Å². The van der Waals surface area contributed by atoms with Gasteiger partial charge in [0, 0.05) is 24.3 Å². The van der Waals surface area contributed by atoms with Crippen molar-refractivity contribution in [2.24, 2.45) is 13.0 Å². The fourth-order valence-electron chi connectivity index (χ4n) is 2.31. The molecule has 2 N–H and O–H groups in total. The molecule has 1 aromatic carbocycles. The number of aromatic nitrogens is 1. The minimum absolute atomic E-state index is 0.120. The zero-order valence-electron chi connectivity index (χ0n) is 12.5. The number of hydrogen-bond donors (Lipinski definition) is 2. The van der Waals surface area contributed by atoms with Gasteiger partial charge in [-0.25, -0.2) is 4.79 Å². The van der Waals surface area contributed by atoms with Crippen molar-refractivity contribution in [1.82, 2.24) is 9.88 Å². The minimum Gasteiger partial charge on any atom is -0.480 e. The molecule has 0 bridgehead atoms. The van der Waals surface area contributed by atoms with Gasteiger partial charge >= 0.3 is 5.97 Å². The molecule has 1 heterocycles. The molecule has 0 saturated carbocycles. The van der Waals surface area contributed by atoms with Crippen LogP contribution in [0.1, 0.15) is 30.6 Å². The van der Waals surface area contributed by atoms with Crippen molar-refractivity contribution < 1.29 is 14.7 Å². The number of nitrogens with one attached hydrogen (secondary N) is 1. The molecule has 0 aliphatic heterocycles. The molecule has 0 aliphatic carbocycles. The second kappa shape index (κ2) is 5.99. The Labute approximate surface area is 123 Å². The number of carboxylic acids is 1. The summed E-state index contributed by atoms with van der Waals surface area (Å²) in [5.41, 5.74) is 1.41. The molecular formula is C16H20N2O3. The van der Waals surface area contributed by atoms with Gasteiger partial charge in [0.25, 0.3) is 5.91 Å². The Hall–Kier alpha value is -2.30. The second-order valence-corrected chi connectivity index (χ2v) is 5.38. The van der Waals surface area contributed by atoms with Crippen molar-refractivity contribution in [1.29, 1.82) is 0 Å². The first kappa shape index (κ1) is 15.1. The van der Waals surface area contributed by atoms with Crippen LogP contribution in [0.4, 0.5) is 0 Å². The van der Waals surface area contributed by atoms with E-state index in [-0.39, 0.29) is 11.8 Å². The Morgan fingerprint density at radius 2 is 2.05 bits per heavy atom. The maximum absolute atomic E-state index is 12.3. The van der Waals surface area contributed by atoms with Gasteiger partial charge in [0.1, 0.15) is 6.04 Å². The van der Waals surface area contributed by atoms with E-state index in [1.807, 2.05) is 43.8 Å². The third-order valence-corrected chi connectivity index (χ3v) is 3.92. The number of carboxylic acid groups (broad SMARTS) is 1. The van der Waals surface area contributed by atoms with Crippen LogP contribution in [0.5, 0.6) is 0 Å². The van der Waals surface area contributed by atoms with E-state index in [4.69, 9.17) is 0 Å². The standard InChI is InChI=1S/C16H20N2O3/c1-4-10(2)14(16(20)21)17-15(19)12-6-5-11-7-8-18(3)13(11)9-12/h5-10,14H,4H2,1-3H3,(H,17,19)(H,20,21). The summed E-state index contributed by atoms with van der Waals surface area (Å²) < 4.78 is 1.93.